The Morgan fingerprint density at radius 2 is 1.45 bits per heavy atom. The third-order valence-electron chi connectivity index (χ3n) is 4.44. The van der Waals surface area contributed by atoms with E-state index in [0.29, 0.717) is 13.2 Å². The number of aliphatic hydroxyl groups excluding tert-OH is 1. The van der Waals surface area contributed by atoms with Crippen molar-refractivity contribution in [2.24, 2.45) is 0 Å². The van der Waals surface area contributed by atoms with E-state index in [1.807, 2.05) is 13.8 Å². The van der Waals surface area contributed by atoms with Crippen molar-refractivity contribution in [1.29, 1.82) is 0 Å². The molecule has 0 aromatic rings. The standard InChI is InChI=1S/C15H36N2O3Si2/c1-7-19-22(6,20-8-2)14-9-15(18)16-10-12-17(13-11-16)21(3,4)5/h15,18H,7-14H2,1-6H3. The van der Waals surface area contributed by atoms with E-state index in [1.54, 1.807) is 0 Å². The summed E-state index contributed by atoms with van der Waals surface area (Å²) in [4.78, 5) is 2.21. The Balaban J connectivity index is 2.41. The molecule has 1 rings (SSSR count). The fourth-order valence-electron chi connectivity index (χ4n) is 3.06. The van der Waals surface area contributed by atoms with E-state index in [9.17, 15) is 5.11 Å². The van der Waals surface area contributed by atoms with Crippen molar-refractivity contribution in [2.45, 2.75) is 58.7 Å². The van der Waals surface area contributed by atoms with E-state index in [4.69, 9.17) is 8.85 Å². The average molecular weight is 349 g/mol. The maximum atomic E-state index is 10.5. The largest absolute Gasteiger partial charge is 0.395 e. The van der Waals surface area contributed by atoms with Gasteiger partial charge in [0.05, 0.1) is 0 Å². The lowest BCUT2D eigenvalue weighted by atomic mass is 10.3. The first-order valence-electron chi connectivity index (χ1n) is 8.67. The molecule has 1 atom stereocenters. The van der Waals surface area contributed by atoms with E-state index in [0.717, 1.165) is 38.6 Å². The first-order valence-corrected chi connectivity index (χ1v) is 14.6. The van der Waals surface area contributed by atoms with Crippen LogP contribution in [0.1, 0.15) is 20.3 Å². The molecule has 1 unspecified atom stereocenters. The van der Waals surface area contributed by atoms with E-state index >= 15 is 0 Å². The molecule has 7 heteroatoms. The molecule has 1 N–H and O–H groups in total. The fourth-order valence-corrected chi connectivity index (χ4v) is 6.98. The summed E-state index contributed by atoms with van der Waals surface area (Å²) in [6.45, 7) is 18.8. The Morgan fingerprint density at radius 1 is 0.955 bits per heavy atom. The van der Waals surface area contributed by atoms with E-state index < -0.39 is 16.8 Å². The van der Waals surface area contributed by atoms with Gasteiger partial charge in [-0.15, -0.1) is 0 Å². The summed E-state index contributed by atoms with van der Waals surface area (Å²) in [5.41, 5.74) is 0. The second-order valence-corrected chi connectivity index (χ2v) is 15.5. The molecule has 132 valence electrons. The van der Waals surface area contributed by atoms with Crippen LogP contribution >= 0.6 is 0 Å². The Kier molecular flexibility index (Phi) is 8.21. The maximum Gasteiger partial charge on any atom is 0.335 e. The molecular weight excluding hydrogens is 312 g/mol. The Bertz CT molecular complexity index is 312. The maximum absolute atomic E-state index is 10.5. The van der Waals surface area contributed by atoms with Gasteiger partial charge >= 0.3 is 8.56 Å². The number of aliphatic hydroxyl groups is 1. The number of nitrogens with zero attached hydrogens (tertiary/aromatic N) is 2. The molecule has 0 aromatic carbocycles. The summed E-state index contributed by atoms with van der Waals surface area (Å²) >= 11 is 0. The smallest absolute Gasteiger partial charge is 0.335 e. The molecule has 0 bridgehead atoms. The monoisotopic (exact) mass is 348 g/mol. The molecule has 0 aromatic heterocycles. The second kappa shape index (κ2) is 8.91. The van der Waals surface area contributed by atoms with Crippen molar-refractivity contribution in [3.63, 3.8) is 0 Å². The van der Waals surface area contributed by atoms with Crippen LogP contribution in [0, 0.1) is 0 Å². The molecule has 5 nitrogen and oxygen atoms in total. The molecule has 22 heavy (non-hydrogen) atoms. The van der Waals surface area contributed by atoms with Crippen molar-refractivity contribution in [1.82, 2.24) is 9.47 Å². The minimum atomic E-state index is -2.11. The van der Waals surface area contributed by atoms with E-state index in [2.05, 4.69) is 35.7 Å². The minimum Gasteiger partial charge on any atom is -0.395 e. The highest BCUT2D eigenvalue weighted by Crippen LogP contribution is 2.20. The lowest BCUT2D eigenvalue weighted by Crippen LogP contribution is -2.58. The van der Waals surface area contributed by atoms with Gasteiger partial charge in [-0.1, -0.05) is 19.6 Å². The van der Waals surface area contributed by atoms with Gasteiger partial charge in [0.1, 0.15) is 14.5 Å². The fraction of sp³-hybridized carbons (Fsp3) is 1.00. The van der Waals surface area contributed by atoms with E-state index in [-0.39, 0.29) is 6.23 Å². The van der Waals surface area contributed by atoms with Gasteiger partial charge in [0.2, 0.25) is 0 Å². The highest BCUT2D eigenvalue weighted by molar-refractivity contribution is 6.73. The Morgan fingerprint density at radius 3 is 1.86 bits per heavy atom. The van der Waals surface area contributed by atoms with Gasteiger partial charge in [-0.05, 0) is 32.9 Å². The number of hydrogen-bond donors (Lipinski definition) is 1. The molecule has 0 radical (unpaired) electrons. The summed E-state index contributed by atoms with van der Waals surface area (Å²) in [7, 11) is -3.31. The molecular formula is C15H36N2O3Si2. The van der Waals surface area contributed by atoms with Crippen LogP contribution in [0.15, 0.2) is 0 Å². The predicted octanol–water partition coefficient (Wildman–Crippen LogP) is 2.29. The summed E-state index contributed by atoms with van der Waals surface area (Å²) in [5, 5.41) is 10.5. The zero-order valence-electron chi connectivity index (χ0n) is 15.4. The normalized spacial score (nSPS) is 20.3. The first-order chi connectivity index (χ1) is 10.2. The van der Waals surface area contributed by atoms with Crippen LogP contribution in [-0.2, 0) is 8.85 Å². The van der Waals surface area contributed by atoms with Crippen LogP contribution in [0.5, 0.6) is 0 Å². The van der Waals surface area contributed by atoms with Crippen LogP contribution in [-0.4, -0.2) is 77.0 Å². The lowest BCUT2D eigenvalue weighted by molar-refractivity contribution is -0.0188. The lowest BCUT2D eigenvalue weighted by Gasteiger charge is -2.43. The van der Waals surface area contributed by atoms with Gasteiger partial charge in [-0.25, -0.2) is 0 Å². The van der Waals surface area contributed by atoms with Crippen LogP contribution in [0.4, 0.5) is 0 Å². The average Bonchev–Trinajstić information content (AvgIpc) is 2.45. The summed E-state index contributed by atoms with van der Waals surface area (Å²) in [6, 6.07) is 0.851. The number of hydrogen-bond acceptors (Lipinski definition) is 5. The second-order valence-electron chi connectivity index (χ2n) is 7.21. The summed E-state index contributed by atoms with van der Waals surface area (Å²) in [6.07, 6.45) is 0.381. The molecule has 0 aliphatic carbocycles. The highest BCUT2D eigenvalue weighted by Gasteiger charge is 2.34. The SMILES string of the molecule is CCO[Si](C)(CCC(O)N1CCN([Si](C)(C)C)CC1)OCC. The molecule has 1 fully saturated rings. The topological polar surface area (TPSA) is 45.2 Å². The first kappa shape index (κ1) is 20.3. The van der Waals surface area contributed by atoms with Crippen LogP contribution < -0.4 is 0 Å². The minimum absolute atomic E-state index is 0.364. The van der Waals surface area contributed by atoms with Gasteiger partial charge in [-0.2, -0.15) is 0 Å². The van der Waals surface area contributed by atoms with Gasteiger partial charge in [0.15, 0.2) is 0 Å². The van der Waals surface area contributed by atoms with Gasteiger partial charge in [0, 0.05) is 39.4 Å². The van der Waals surface area contributed by atoms with E-state index in [1.165, 1.54) is 0 Å². The summed E-state index contributed by atoms with van der Waals surface area (Å²) < 4.78 is 14.3. The summed E-state index contributed by atoms with van der Waals surface area (Å²) in [5.74, 6) is 0. The third-order valence-corrected chi connectivity index (χ3v) is 9.78. The zero-order valence-corrected chi connectivity index (χ0v) is 17.4. The van der Waals surface area contributed by atoms with Gasteiger partial charge in [-0.3, -0.25) is 4.90 Å². The molecule has 0 spiro atoms. The Hall–Kier alpha value is 0.234. The molecule has 1 heterocycles. The number of rotatable bonds is 9. The zero-order chi connectivity index (χ0) is 16.8. The quantitative estimate of drug-likeness (QED) is 0.648. The van der Waals surface area contributed by atoms with Gasteiger partial charge in [0.25, 0.3) is 0 Å². The molecule has 1 aliphatic heterocycles. The van der Waals surface area contributed by atoms with Crippen molar-refractivity contribution in [3.05, 3.63) is 0 Å². The molecule has 0 amide bonds. The van der Waals surface area contributed by atoms with Crippen molar-refractivity contribution in [2.75, 3.05) is 39.4 Å². The van der Waals surface area contributed by atoms with Crippen LogP contribution in [0.2, 0.25) is 32.2 Å². The predicted molar refractivity (Wildman–Crippen MR) is 96.8 cm³/mol. The highest BCUT2D eigenvalue weighted by atomic mass is 28.4. The van der Waals surface area contributed by atoms with Crippen LogP contribution in [0.3, 0.4) is 0 Å². The van der Waals surface area contributed by atoms with Crippen molar-refractivity contribution >= 4 is 16.8 Å². The van der Waals surface area contributed by atoms with Crippen molar-refractivity contribution in [3.8, 4) is 0 Å². The number of piperazine rings is 1. The third kappa shape index (κ3) is 6.39. The Labute approximate surface area is 138 Å². The molecule has 1 aliphatic rings. The van der Waals surface area contributed by atoms with Crippen LogP contribution in [0.25, 0.3) is 0 Å². The van der Waals surface area contributed by atoms with Gasteiger partial charge < -0.3 is 18.5 Å². The van der Waals surface area contributed by atoms with Crippen molar-refractivity contribution < 1.29 is 14.0 Å². The molecule has 0 saturated carbocycles. The molecule has 1 saturated heterocycles.